The lowest BCUT2D eigenvalue weighted by Crippen LogP contribution is -2.46. The van der Waals surface area contributed by atoms with E-state index in [-0.39, 0.29) is 41.8 Å². The summed E-state index contributed by atoms with van der Waals surface area (Å²) in [6, 6.07) is 11.0. The standard InChI is InChI=1S/C25H42N6O.HI/c1-4-26-25(28-23-11-14-31(20-23)24(32)21(2)3)27-12-8-13-29-15-17-30(18-16-29)19-22-9-6-5-7-10-22;/h5-7,9-10,21,23H,4,8,11-20H2,1-3H3,(H2,26,27,28);1H. The Kier molecular flexibility index (Phi) is 12.5. The molecule has 0 aromatic heterocycles. The monoisotopic (exact) mass is 570 g/mol. The van der Waals surface area contributed by atoms with Gasteiger partial charge in [0.1, 0.15) is 0 Å². The van der Waals surface area contributed by atoms with Crippen LogP contribution in [0.5, 0.6) is 0 Å². The van der Waals surface area contributed by atoms with Crippen molar-refractivity contribution in [3.8, 4) is 0 Å². The predicted octanol–water partition coefficient (Wildman–Crippen LogP) is 2.62. The van der Waals surface area contributed by atoms with Crippen LogP contribution in [0, 0.1) is 5.92 Å². The van der Waals surface area contributed by atoms with Crippen molar-refractivity contribution >= 4 is 35.8 Å². The Morgan fingerprint density at radius 1 is 1.09 bits per heavy atom. The third kappa shape index (κ3) is 9.41. The molecule has 186 valence electrons. The van der Waals surface area contributed by atoms with Gasteiger partial charge in [-0.3, -0.25) is 14.7 Å². The first-order valence-electron chi connectivity index (χ1n) is 12.4. The molecule has 2 aliphatic rings. The Morgan fingerprint density at radius 3 is 2.45 bits per heavy atom. The van der Waals surface area contributed by atoms with Crippen LogP contribution >= 0.6 is 24.0 Å². The van der Waals surface area contributed by atoms with Crippen molar-refractivity contribution < 1.29 is 4.79 Å². The molecule has 0 radical (unpaired) electrons. The molecule has 2 fully saturated rings. The molecule has 2 aliphatic heterocycles. The maximum atomic E-state index is 12.2. The molecule has 2 N–H and O–H groups in total. The van der Waals surface area contributed by atoms with Gasteiger partial charge >= 0.3 is 0 Å². The summed E-state index contributed by atoms with van der Waals surface area (Å²) in [7, 11) is 0. The number of piperazine rings is 1. The van der Waals surface area contributed by atoms with Crippen LogP contribution in [0.4, 0.5) is 0 Å². The zero-order chi connectivity index (χ0) is 22.8. The maximum absolute atomic E-state index is 12.2. The van der Waals surface area contributed by atoms with Gasteiger partial charge in [0.2, 0.25) is 5.91 Å². The summed E-state index contributed by atoms with van der Waals surface area (Å²) >= 11 is 0. The van der Waals surface area contributed by atoms with Crippen molar-refractivity contribution in [2.75, 3.05) is 58.9 Å². The van der Waals surface area contributed by atoms with E-state index in [1.807, 2.05) is 18.7 Å². The van der Waals surface area contributed by atoms with E-state index in [0.29, 0.717) is 0 Å². The van der Waals surface area contributed by atoms with Crippen LogP contribution in [-0.4, -0.2) is 91.5 Å². The van der Waals surface area contributed by atoms with Crippen LogP contribution in [0.25, 0.3) is 0 Å². The van der Waals surface area contributed by atoms with Crippen LogP contribution in [0.1, 0.15) is 39.2 Å². The van der Waals surface area contributed by atoms with Crippen molar-refractivity contribution in [2.45, 2.75) is 46.2 Å². The Bertz CT molecular complexity index is 721. The lowest BCUT2D eigenvalue weighted by molar-refractivity contribution is -0.133. The summed E-state index contributed by atoms with van der Waals surface area (Å²) in [5.74, 6) is 1.19. The molecule has 0 bridgehead atoms. The van der Waals surface area contributed by atoms with Crippen molar-refractivity contribution in [3.63, 3.8) is 0 Å². The van der Waals surface area contributed by atoms with Gasteiger partial charge in [0.25, 0.3) is 0 Å². The van der Waals surface area contributed by atoms with Gasteiger partial charge < -0.3 is 20.4 Å². The SMILES string of the molecule is CCNC(=NCCCN1CCN(Cc2ccccc2)CC1)NC1CCN(C(=O)C(C)C)C1.I. The lowest BCUT2D eigenvalue weighted by atomic mass is 10.2. The van der Waals surface area contributed by atoms with Gasteiger partial charge in [0, 0.05) is 77.4 Å². The highest BCUT2D eigenvalue weighted by atomic mass is 127. The molecule has 7 nitrogen and oxygen atoms in total. The van der Waals surface area contributed by atoms with Crippen molar-refractivity contribution in [1.82, 2.24) is 25.3 Å². The fraction of sp³-hybridized carbons (Fsp3) is 0.680. The molecular weight excluding hydrogens is 527 g/mol. The second-order valence-corrected chi connectivity index (χ2v) is 9.29. The summed E-state index contributed by atoms with van der Waals surface area (Å²) in [4.78, 5) is 24.1. The van der Waals surface area contributed by atoms with Crippen molar-refractivity contribution in [2.24, 2.45) is 10.9 Å². The molecule has 2 heterocycles. The first-order chi connectivity index (χ1) is 15.5. The molecule has 2 saturated heterocycles. The number of amides is 1. The summed E-state index contributed by atoms with van der Waals surface area (Å²) in [5.41, 5.74) is 1.40. The largest absolute Gasteiger partial charge is 0.357 e. The molecule has 8 heteroatoms. The van der Waals surface area contributed by atoms with E-state index < -0.39 is 0 Å². The number of guanidine groups is 1. The summed E-state index contributed by atoms with van der Waals surface area (Å²) < 4.78 is 0. The van der Waals surface area contributed by atoms with Gasteiger partial charge in [-0.05, 0) is 25.3 Å². The van der Waals surface area contributed by atoms with Gasteiger partial charge in [-0.15, -0.1) is 24.0 Å². The number of rotatable bonds is 9. The number of carbonyl (C=O) groups is 1. The minimum Gasteiger partial charge on any atom is -0.357 e. The second-order valence-electron chi connectivity index (χ2n) is 9.29. The van der Waals surface area contributed by atoms with Crippen molar-refractivity contribution in [1.29, 1.82) is 0 Å². The van der Waals surface area contributed by atoms with Crippen LogP contribution in [0.2, 0.25) is 0 Å². The predicted molar refractivity (Wildman–Crippen MR) is 147 cm³/mol. The lowest BCUT2D eigenvalue weighted by Gasteiger charge is -2.34. The number of nitrogens with one attached hydrogen (secondary N) is 2. The Balaban J connectivity index is 0.00000385. The third-order valence-electron chi connectivity index (χ3n) is 6.30. The zero-order valence-corrected chi connectivity index (χ0v) is 23.0. The average molecular weight is 571 g/mol. The molecule has 1 amide bonds. The molecule has 1 unspecified atom stereocenters. The number of aliphatic imine (C=N–C) groups is 1. The molecule has 0 aliphatic carbocycles. The van der Waals surface area contributed by atoms with E-state index in [4.69, 9.17) is 4.99 Å². The third-order valence-corrected chi connectivity index (χ3v) is 6.30. The molecule has 1 atom stereocenters. The molecule has 1 aromatic rings. The molecule has 3 rings (SSSR count). The normalized spacial score (nSPS) is 20.1. The summed E-state index contributed by atoms with van der Waals surface area (Å²) in [5, 5.41) is 6.89. The molecular formula is C25H43IN6O. The average Bonchev–Trinajstić information content (AvgIpc) is 3.26. The summed E-state index contributed by atoms with van der Waals surface area (Å²) in [6.45, 7) is 16.0. The van der Waals surface area contributed by atoms with Crippen LogP contribution in [0.15, 0.2) is 35.3 Å². The topological polar surface area (TPSA) is 63.2 Å². The van der Waals surface area contributed by atoms with Gasteiger partial charge in [-0.2, -0.15) is 0 Å². The molecule has 33 heavy (non-hydrogen) atoms. The van der Waals surface area contributed by atoms with Crippen molar-refractivity contribution in [3.05, 3.63) is 35.9 Å². The van der Waals surface area contributed by atoms with E-state index in [1.165, 1.54) is 5.56 Å². The smallest absolute Gasteiger partial charge is 0.225 e. The van der Waals surface area contributed by atoms with Gasteiger partial charge in [0.05, 0.1) is 0 Å². The quantitative estimate of drug-likeness (QED) is 0.207. The summed E-state index contributed by atoms with van der Waals surface area (Å²) in [6.07, 6.45) is 2.05. The zero-order valence-electron chi connectivity index (χ0n) is 20.6. The first-order valence-corrected chi connectivity index (χ1v) is 12.4. The highest BCUT2D eigenvalue weighted by Gasteiger charge is 2.28. The Labute approximate surface area is 217 Å². The highest BCUT2D eigenvalue weighted by molar-refractivity contribution is 14.0. The second kappa shape index (κ2) is 14.8. The number of halogens is 1. The van der Waals surface area contributed by atoms with Gasteiger partial charge in [-0.1, -0.05) is 44.2 Å². The molecule has 0 spiro atoms. The van der Waals surface area contributed by atoms with Crippen LogP contribution < -0.4 is 10.6 Å². The fourth-order valence-corrected chi connectivity index (χ4v) is 4.45. The number of benzene rings is 1. The van der Waals surface area contributed by atoms with E-state index in [2.05, 4.69) is 57.7 Å². The van der Waals surface area contributed by atoms with E-state index in [1.54, 1.807) is 0 Å². The maximum Gasteiger partial charge on any atom is 0.225 e. The molecule has 1 aromatic carbocycles. The highest BCUT2D eigenvalue weighted by Crippen LogP contribution is 2.13. The minimum absolute atomic E-state index is 0. The Morgan fingerprint density at radius 2 is 1.79 bits per heavy atom. The van der Waals surface area contributed by atoms with E-state index >= 15 is 0 Å². The van der Waals surface area contributed by atoms with Gasteiger partial charge in [-0.25, -0.2) is 0 Å². The fourth-order valence-electron chi connectivity index (χ4n) is 4.45. The van der Waals surface area contributed by atoms with E-state index in [0.717, 1.165) is 84.2 Å². The number of carbonyl (C=O) groups excluding carboxylic acids is 1. The first kappa shape index (κ1) is 27.9. The number of hydrogen-bond donors (Lipinski definition) is 2. The van der Waals surface area contributed by atoms with E-state index in [9.17, 15) is 4.79 Å². The van der Waals surface area contributed by atoms with Crippen LogP contribution in [-0.2, 0) is 11.3 Å². The Hall–Kier alpha value is -1.39. The molecule has 0 saturated carbocycles. The number of hydrogen-bond acceptors (Lipinski definition) is 4. The van der Waals surface area contributed by atoms with Gasteiger partial charge in [0.15, 0.2) is 5.96 Å². The minimum atomic E-state index is 0. The van der Waals surface area contributed by atoms with Crippen LogP contribution in [0.3, 0.4) is 0 Å². The number of nitrogens with zero attached hydrogens (tertiary/aromatic N) is 4. The number of likely N-dealkylation sites (tertiary alicyclic amines) is 1.